The van der Waals surface area contributed by atoms with Gasteiger partial charge in [-0.15, -0.1) is 11.3 Å². The zero-order valence-corrected chi connectivity index (χ0v) is 14.5. The number of ether oxygens (including phenoxy) is 2. The predicted octanol–water partition coefficient (Wildman–Crippen LogP) is 2.84. The lowest BCUT2D eigenvalue weighted by atomic mass is 10.1. The van der Waals surface area contributed by atoms with Crippen molar-refractivity contribution >= 4 is 28.2 Å². The van der Waals surface area contributed by atoms with E-state index < -0.39 is 12.1 Å². The third-order valence-electron chi connectivity index (χ3n) is 3.94. The fraction of sp³-hybridized carbons (Fsp3) is 0.625. The highest BCUT2D eigenvalue weighted by atomic mass is 32.1. The lowest BCUT2D eigenvalue weighted by Crippen LogP contribution is -2.30. The first-order valence-corrected chi connectivity index (χ1v) is 8.65. The summed E-state index contributed by atoms with van der Waals surface area (Å²) in [6, 6.07) is 0. The highest BCUT2D eigenvalue weighted by Gasteiger charge is 2.24. The molecule has 1 aliphatic heterocycles. The molecule has 1 aromatic rings. The monoisotopic (exact) mass is 341 g/mol. The first kappa shape index (κ1) is 17.9. The molecule has 2 rings (SSSR count). The Kier molecular flexibility index (Phi) is 6.15. The lowest BCUT2D eigenvalue weighted by Gasteiger charge is -2.16. The van der Waals surface area contributed by atoms with Crippen molar-refractivity contribution in [2.45, 2.75) is 52.2 Å². The quantitative estimate of drug-likeness (QED) is 0.796. The maximum atomic E-state index is 12.2. The SMILES string of the molecule is CCc1c(C)sc(NC(=O)C(C)OCC2CCCO2)c1C(=O)O. The number of rotatable bonds is 7. The van der Waals surface area contributed by atoms with E-state index in [-0.39, 0.29) is 17.6 Å². The minimum Gasteiger partial charge on any atom is -0.478 e. The van der Waals surface area contributed by atoms with E-state index in [4.69, 9.17) is 9.47 Å². The summed E-state index contributed by atoms with van der Waals surface area (Å²) >= 11 is 1.29. The number of aromatic carboxylic acids is 1. The Bertz CT molecular complexity index is 577. The molecule has 0 saturated carbocycles. The normalized spacial score (nSPS) is 18.8. The molecule has 2 N–H and O–H groups in total. The fourth-order valence-electron chi connectivity index (χ4n) is 2.64. The molecule has 0 bridgehead atoms. The second kappa shape index (κ2) is 7.90. The van der Waals surface area contributed by atoms with Crippen molar-refractivity contribution in [3.8, 4) is 0 Å². The zero-order chi connectivity index (χ0) is 17.0. The van der Waals surface area contributed by atoms with Crippen molar-refractivity contribution in [3.63, 3.8) is 0 Å². The number of nitrogens with one attached hydrogen (secondary N) is 1. The van der Waals surface area contributed by atoms with E-state index in [0.29, 0.717) is 18.0 Å². The van der Waals surface area contributed by atoms with Gasteiger partial charge < -0.3 is 19.9 Å². The Hall–Kier alpha value is -1.44. The number of amides is 1. The van der Waals surface area contributed by atoms with Crippen molar-refractivity contribution < 1.29 is 24.2 Å². The molecule has 0 radical (unpaired) electrons. The molecule has 0 spiro atoms. The van der Waals surface area contributed by atoms with Crippen LogP contribution in [0.15, 0.2) is 0 Å². The number of carbonyl (C=O) groups is 2. The number of thiophene rings is 1. The third-order valence-corrected chi connectivity index (χ3v) is 5.00. The lowest BCUT2D eigenvalue weighted by molar-refractivity contribution is -0.128. The Morgan fingerprint density at radius 3 is 2.83 bits per heavy atom. The van der Waals surface area contributed by atoms with Gasteiger partial charge in [-0.3, -0.25) is 4.79 Å². The number of hydrogen-bond donors (Lipinski definition) is 2. The van der Waals surface area contributed by atoms with Gasteiger partial charge in [-0.05, 0) is 38.7 Å². The van der Waals surface area contributed by atoms with Crippen molar-refractivity contribution in [1.29, 1.82) is 0 Å². The van der Waals surface area contributed by atoms with Crippen LogP contribution in [0.1, 0.15) is 47.5 Å². The summed E-state index contributed by atoms with van der Waals surface area (Å²) in [5, 5.41) is 12.5. The van der Waals surface area contributed by atoms with E-state index >= 15 is 0 Å². The number of hydrogen-bond acceptors (Lipinski definition) is 5. The molecule has 7 heteroatoms. The molecule has 0 aliphatic carbocycles. The second-order valence-electron chi connectivity index (χ2n) is 5.60. The van der Waals surface area contributed by atoms with Crippen LogP contribution in [-0.4, -0.2) is 42.4 Å². The topological polar surface area (TPSA) is 84.9 Å². The molecular formula is C16H23NO5S. The number of aryl methyl sites for hydroxylation is 1. The van der Waals surface area contributed by atoms with E-state index in [1.165, 1.54) is 11.3 Å². The Labute approximate surface area is 139 Å². The number of carboxylic acid groups (broad SMARTS) is 1. The van der Waals surface area contributed by atoms with Gasteiger partial charge in [-0.25, -0.2) is 4.79 Å². The van der Waals surface area contributed by atoms with Crippen LogP contribution in [0.25, 0.3) is 0 Å². The van der Waals surface area contributed by atoms with E-state index in [1.54, 1.807) is 6.92 Å². The van der Waals surface area contributed by atoms with Crippen molar-refractivity contribution in [2.75, 3.05) is 18.5 Å². The summed E-state index contributed by atoms with van der Waals surface area (Å²) in [4.78, 5) is 24.6. The first-order chi connectivity index (χ1) is 10.9. The molecule has 0 aromatic carbocycles. The summed E-state index contributed by atoms with van der Waals surface area (Å²) in [5.74, 6) is -1.36. The molecule has 2 atom stereocenters. The summed E-state index contributed by atoms with van der Waals surface area (Å²) in [6.07, 6.45) is 1.97. The molecule has 23 heavy (non-hydrogen) atoms. The molecule has 1 fully saturated rings. The van der Waals surface area contributed by atoms with Gasteiger partial charge in [0.15, 0.2) is 0 Å². The van der Waals surface area contributed by atoms with Gasteiger partial charge >= 0.3 is 5.97 Å². The predicted molar refractivity (Wildman–Crippen MR) is 88.4 cm³/mol. The van der Waals surface area contributed by atoms with Crippen molar-refractivity contribution in [3.05, 3.63) is 16.0 Å². The van der Waals surface area contributed by atoms with E-state index in [0.717, 1.165) is 29.9 Å². The minimum absolute atomic E-state index is 0.0514. The smallest absolute Gasteiger partial charge is 0.339 e. The van der Waals surface area contributed by atoms with Crippen LogP contribution in [0.3, 0.4) is 0 Å². The molecule has 1 aliphatic rings. The second-order valence-corrected chi connectivity index (χ2v) is 6.82. The van der Waals surface area contributed by atoms with Crippen LogP contribution in [-0.2, 0) is 20.7 Å². The van der Waals surface area contributed by atoms with Gasteiger partial charge in [0.1, 0.15) is 11.1 Å². The number of carbonyl (C=O) groups excluding carboxylic acids is 1. The summed E-state index contributed by atoms with van der Waals surface area (Å²) in [7, 11) is 0. The average Bonchev–Trinajstić information content (AvgIpc) is 3.11. The Morgan fingerprint density at radius 1 is 1.52 bits per heavy atom. The van der Waals surface area contributed by atoms with Crippen LogP contribution < -0.4 is 5.32 Å². The van der Waals surface area contributed by atoms with Gasteiger partial charge in [-0.2, -0.15) is 0 Å². The maximum absolute atomic E-state index is 12.2. The van der Waals surface area contributed by atoms with E-state index in [2.05, 4.69) is 5.32 Å². The zero-order valence-electron chi connectivity index (χ0n) is 13.7. The molecule has 2 unspecified atom stereocenters. The standard InChI is InChI=1S/C16H23NO5S/c1-4-12-10(3)23-15(13(12)16(19)20)17-14(18)9(2)22-8-11-6-5-7-21-11/h9,11H,4-8H2,1-3H3,(H,17,18)(H,19,20). The fourth-order valence-corrected chi connectivity index (χ4v) is 3.78. The first-order valence-electron chi connectivity index (χ1n) is 7.83. The van der Waals surface area contributed by atoms with Gasteiger partial charge in [0.25, 0.3) is 5.91 Å². The van der Waals surface area contributed by atoms with Crippen LogP contribution >= 0.6 is 11.3 Å². The molecule has 2 heterocycles. The highest BCUT2D eigenvalue weighted by Crippen LogP contribution is 2.33. The van der Waals surface area contributed by atoms with Gasteiger partial charge in [0.2, 0.25) is 0 Å². The molecule has 1 aromatic heterocycles. The maximum Gasteiger partial charge on any atom is 0.339 e. The van der Waals surface area contributed by atoms with Crippen LogP contribution in [0.5, 0.6) is 0 Å². The van der Waals surface area contributed by atoms with E-state index in [9.17, 15) is 14.7 Å². The average molecular weight is 341 g/mol. The molecule has 1 amide bonds. The molecule has 128 valence electrons. The van der Waals surface area contributed by atoms with Crippen LogP contribution in [0, 0.1) is 6.92 Å². The molecule has 1 saturated heterocycles. The van der Waals surface area contributed by atoms with Crippen LogP contribution in [0.4, 0.5) is 5.00 Å². The van der Waals surface area contributed by atoms with Crippen molar-refractivity contribution in [1.82, 2.24) is 0 Å². The summed E-state index contributed by atoms with van der Waals surface area (Å²) < 4.78 is 11.0. The summed E-state index contributed by atoms with van der Waals surface area (Å²) in [6.45, 7) is 6.55. The van der Waals surface area contributed by atoms with Gasteiger partial charge in [0.05, 0.1) is 18.3 Å². The Balaban J connectivity index is 2.00. The van der Waals surface area contributed by atoms with E-state index in [1.807, 2.05) is 13.8 Å². The number of anilines is 1. The number of carboxylic acids is 1. The largest absolute Gasteiger partial charge is 0.478 e. The van der Waals surface area contributed by atoms with Gasteiger partial charge in [0, 0.05) is 11.5 Å². The van der Waals surface area contributed by atoms with Crippen LogP contribution in [0.2, 0.25) is 0 Å². The molecule has 6 nitrogen and oxygen atoms in total. The third kappa shape index (κ3) is 4.31. The highest BCUT2D eigenvalue weighted by molar-refractivity contribution is 7.16. The Morgan fingerprint density at radius 2 is 2.26 bits per heavy atom. The minimum atomic E-state index is -1.02. The van der Waals surface area contributed by atoms with Crippen molar-refractivity contribution in [2.24, 2.45) is 0 Å². The summed E-state index contributed by atoms with van der Waals surface area (Å²) in [5.41, 5.74) is 0.959. The molecular weight excluding hydrogens is 318 g/mol. The van der Waals surface area contributed by atoms with Gasteiger partial charge in [-0.1, -0.05) is 6.92 Å².